The standard InChI is InChI=1S/C12H24.C11H16.C11H22.2C10H20.2C9H18.3C9H20/c1-12(2,3)11-9-7-5-4-6-8-10-11;1-11(2,3)9-10-7-5-4-6-8-10;1-11(2,3)10-8-6-4-5-7-9-10;2*1-10(2,3)9-7-5-4-6-8-9;2*1-9(2,3)8-6-4-5-7-8;2*1-8(2,3)7-9(4,5)6;1-5-6-7-8-9(2,3)4/h11H,4-10H2,1-3H3;4-8H,9H2,1-3H3;10H,4-9H2,1-3H3;2*9H,4-8H2,1-3H3;2*8H,4-7H2,1-3H3;2*7H2,1-6H3;5-8H2,1-4H3/i;;;9D;;8D;;7D2;;. The van der Waals surface area contributed by atoms with Crippen LogP contribution in [0.2, 0.25) is 0 Å². The van der Waals surface area contributed by atoms with E-state index in [1.54, 1.807) is 0 Å². The number of hydrogen-bond acceptors (Lipinski definition) is 0. The zero-order valence-electron chi connectivity index (χ0n) is 80.4. The van der Waals surface area contributed by atoms with E-state index in [-0.39, 0.29) is 33.4 Å². The Hall–Kier alpha value is -0.780. The zero-order chi connectivity index (χ0) is 81.1. The lowest BCUT2D eigenvalue weighted by Crippen LogP contribution is -2.22. The van der Waals surface area contributed by atoms with E-state index < -0.39 is 6.37 Å². The Kier molecular flexibility index (Phi) is 46.9. The van der Waals surface area contributed by atoms with Crippen LogP contribution in [0.4, 0.5) is 0 Å². The molecule has 0 aliphatic heterocycles. The monoisotopic (exact) mass is 1390 g/mol. The number of benzene rings is 1. The molecular formula is C99H198. The predicted molar refractivity (Wildman–Crippen MR) is 461 cm³/mol. The number of hydrogen-bond donors (Lipinski definition) is 0. The minimum Gasteiger partial charge on any atom is -0.0654 e. The Balaban J connectivity index is -0.00000108. The zero-order valence-corrected chi connectivity index (χ0v) is 76.4. The third-order valence-electron chi connectivity index (χ3n) is 21.5. The maximum Gasteiger partial charge on any atom is 0.0308 e. The molecule has 594 valence electrons. The lowest BCUT2D eigenvalue weighted by molar-refractivity contribution is 0.179. The van der Waals surface area contributed by atoms with Gasteiger partial charge in [-0.05, 0) is 209 Å². The van der Waals surface area contributed by atoms with Crippen molar-refractivity contribution in [2.45, 2.75) is 500 Å². The van der Waals surface area contributed by atoms with Crippen molar-refractivity contribution in [2.24, 2.45) is 100 Å². The van der Waals surface area contributed by atoms with Crippen molar-refractivity contribution in [1.82, 2.24) is 0 Å². The van der Waals surface area contributed by atoms with Crippen molar-refractivity contribution in [3.05, 3.63) is 35.9 Å². The fourth-order valence-electron chi connectivity index (χ4n) is 16.3. The van der Waals surface area contributed by atoms with Gasteiger partial charge in [-0.1, -0.05) is 428 Å². The van der Waals surface area contributed by atoms with Crippen LogP contribution >= 0.6 is 0 Å². The highest BCUT2D eigenvalue weighted by molar-refractivity contribution is 5.15. The molecule has 0 nitrogen and oxygen atoms in total. The Morgan fingerprint density at radius 3 is 0.687 bits per heavy atom. The van der Waals surface area contributed by atoms with Crippen LogP contribution in [0.25, 0.3) is 0 Å². The van der Waals surface area contributed by atoms with Crippen LogP contribution in [0, 0.1) is 100 Å². The topological polar surface area (TPSA) is 0 Å². The molecule has 0 heteroatoms. The van der Waals surface area contributed by atoms with Gasteiger partial charge in [0.1, 0.15) is 0 Å². The van der Waals surface area contributed by atoms with Crippen LogP contribution in [0.1, 0.15) is 505 Å². The van der Waals surface area contributed by atoms with Crippen molar-refractivity contribution in [2.75, 3.05) is 0 Å². The molecule has 0 heterocycles. The molecule has 1 aromatic rings. The van der Waals surface area contributed by atoms with Crippen molar-refractivity contribution in [1.29, 1.82) is 0 Å². The number of unbranched alkanes of at least 4 members (excludes halogenated alkanes) is 2. The maximum atomic E-state index is 8.27. The van der Waals surface area contributed by atoms with Crippen molar-refractivity contribution >= 4 is 0 Å². The van der Waals surface area contributed by atoms with Crippen LogP contribution in [0.5, 0.6) is 0 Å². The molecule has 0 N–H and O–H groups in total. The average molecular weight is 1390 g/mol. The molecule has 0 radical (unpaired) electrons. The first-order valence-corrected chi connectivity index (χ1v) is 43.2. The van der Waals surface area contributed by atoms with Gasteiger partial charge in [-0.2, -0.15) is 0 Å². The van der Waals surface area contributed by atoms with Crippen LogP contribution in [-0.4, -0.2) is 0 Å². The molecule has 0 bridgehead atoms. The van der Waals surface area contributed by atoms with E-state index in [0.29, 0.717) is 43.3 Å². The summed E-state index contributed by atoms with van der Waals surface area (Å²) < 4.78 is 32.2. The first kappa shape index (κ1) is 94.3. The minimum atomic E-state index is -1.13. The van der Waals surface area contributed by atoms with E-state index in [9.17, 15) is 0 Å². The summed E-state index contributed by atoms with van der Waals surface area (Å²) in [4.78, 5) is 0. The van der Waals surface area contributed by atoms with E-state index >= 15 is 0 Å². The fraction of sp³-hybridized carbons (Fsp3) is 0.939. The molecule has 99 heavy (non-hydrogen) atoms. The highest BCUT2D eigenvalue weighted by atomic mass is 14.4. The molecule has 0 amide bonds. The summed E-state index contributed by atoms with van der Waals surface area (Å²) in [6.45, 7) is 83.1. The number of rotatable bonds is 4. The Morgan fingerprint density at radius 2 is 0.505 bits per heavy atom. The van der Waals surface area contributed by atoms with Crippen LogP contribution in [-0.2, 0) is 6.42 Å². The van der Waals surface area contributed by atoms with E-state index in [0.717, 1.165) is 55.8 Å². The quantitative estimate of drug-likeness (QED) is 0.208. The third kappa shape index (κ3) is 66.4. The van der Waals surface area contributed by atoms with E-state index in [1.807, 2.05) is 41.5 Å². The second kappa shape index (κ2) is 49.2. The fourth-order valence-corrected chi connectivity index (χ4v) is 16.3. The lowest BCUT2D eigenvalue weighted by Gasteiger charge is -2.33. The Morgan fingerprint density at radius 1 is 0.273 bits per heavy atom. The molecule has 0 saturated heterocycles. The highest BCUT2D eigenvalue weighted by Gasteiger charge is 2.31. The van der Waals surface area contributed by atoms with E-state index in [4.69, 9.17) is 5.48 Å². The molecule has 7 rings (SSSR count). The van der Waals surface area contributed by atoms with Gasteiger partial charge in [0.25, 0.3) is 0 Å². The lowest BCUT2D eigenvalue weighted by atomic mass is 9.72. The van der Waals surface area contributed by atoms with Crippen molar-refractivity contribution < 1.29 is 5.48 Å². The molecule has 0 aromatic heterocycles. The average Bonchev–Trinajstić information content (AvgIpc) is 1.07. The summed E-state index contributed by atoms with van der Waals surface area (Å²) >= 11 is 0. The predicted octanol–water partition coefficient (Wildman–Crippen LogP) is 35.9. The van der Waals surface area contributed by atoms with Crippen molar-refractivity contribution in [3.8, 4) is 0 Å². The molecular weight excluding hydrogens is 1190 g/mol. The Labute approximate surface area is 638 Å². The molecule has 6 saturated carbocycles. The van der Waals surface area contributed by atoms with Crippen LogP contribution < -0.4 is 0 Å². The van der Waals surface area contributed by atoms with Crippen LogP contribution in [0.3, 0.4) is 0 Å². The Bertz CT molecular complexity index is 2110. The van der Waals surface area contributed by atoms with Crippen molar-refractivity contribution in [3.63, 3.8) is 0 Å². The maximum absolute atomic E-state index is 8.27. The van der Waals surface area contributed by atoms with Gasteiger partial charge in [-0.15, -0.1) is 0 Å². The molecule has 0 spiro atoms. The molecule has 1 aromatic carbocycles. The highest BCUT2D eigenvalue weighted by Crippen LogP contribution is 2.43. The summed E-state index contributed by atoms with van der Waals surface area (Å²) in [6.07, 6.45) is 50.2. The van der Waals surface area contributed by atoms with Gasteiger partial charge in [-0.3, -0.25) is 0 Å². The second-order valence-corrected chi connectivity index (χ2v) is 46.1. The first-order chi connectivity index (χ1) is 46.2. The van der Waals surface area contributed by atoms with E-state index in [2.05, 4.69) is 245 Å². The van der Waals surface area contributed by atoms with Gasteiger partial charge in [0, 0.05) is 5.48 Å². The molecule has 0 unspecified atom stereocenters. The summed E-state index contributed by atoms with van der Waals surface area (Å²) in [5, 5.41) is 0. The normalized spacial score (nSPS) is 20.5. The van der Waals surface area contributed by atoms with Gasteiger partial charge in [0.15, 0.2) is 0 Å². The molecule has 0 atom stereocenters. The molecule has 6 aliphatic carbocycles. The van der Waals surface area contributed by atoms with Gasteiger partial charge in [0.2, 0.25) is 0 Å². The largest absolute Gasteiger partial charge is 0.0654 e. The van der Waals surface area contributed by atoms with Gasteiger partial charge in [-0.25, -0.2) is 0 Å². The first-order valence-electron chi connectivity index (χ1n) is 45.2. The molecule has 6 aliphatic rings. The summed E-state index contributed by atoms with van der Waals surface area (Å²) in [5.41, 5.74) is 5.40. The molecule has 6 fully saturated rings. The second-order valence-electron chi connectivity index (χ2n) is 46.1. The van der Waals surface area contributed by atoms with Crippen LogP contribution in [0.15, 0.2) is 30.3 Å². The smallest absolute Gasteiger partial charge is 0.0308 e. The summed E-state index contributed by atoms with van der Waals surface area (Å²) in [5.74, 6) is 3.74. The summed E-state index contributed by atoms with van der Waals surface area (Å²) in [6, 6.07) is 10.6. The SMILES string of the molecule is CC(C)(C)C1CCCC1.CC(C)(C)C1CCCCC1.CC(C)(C)C1CCCCCC1.CC(C)(C)C1CCCCCCC1.CC(C)(C)CC(C)(C)C.CC(C)(C)Cc1ccccc1.CCCCCC(C)(C)C.[2H]C([2H])(C(C)(C)C)C(C)(C)C.[2H]C1(C(C)(C)C)CCCC1.[2H]C1(C(C)(C)C)CCCCC1. The van der Waals surface area contributed by atoms with E-state index in [1.165, 1.54) is 211 Å². The van der Waals surface area contributed by atoms with Gasteiger partial charge < -0.3 is 0 Å². The third-order valence-corrected chi connectivity index (χ3v) is 21.5. The van der Waals surface area contributed by atoms with Gasteiger partial charge in [0.05, 0.1) is 0 Å². The van der Waals surface area contributed by atoms with Gasteiger partial charge >= 0.3 is 0 Å². The minimum absolute atomic E-state index is 0.118. The summed E-state index contributed by atoms with van der Waals surface area (Å²) in [7, 11) is 0.